The first kappa shape index (κ1) is 21.1. The molecule has 1 aromatic heterocycles. The van der Waals surface area contributed by atoms with Gasteiger partial charge in [-0.2, -0.15) is 0 Å². The summed E-state index contributed by atoms with van der Waals surface area (Å²) in [7, 11) is -3.92. The van der Waals surface area contributed by atoms with Gasteiger partial charge in [0.05, 0.1) is 10.1 Å². The molecule has 0 aliphatic heterocycles. The van der Waals surface area contributed by atoms with Gasteiger partial charge < -0.3 is 4.55 Å². The number of pyridine rings is 1. The SMILES string of the molecule is CCCCCCCC[n+]1cccc(CCC)c1.CS(=O)(=O)[O-]. The summed E-state index contributed by atoms with van der Waals surface area (Å²) in [5, 5.41) is 0. The lowest BCUT2D eigenvalue weighted by Gasteiger charge is -2.00. The zero-order valence-electron chi connectivity index (χ0n) is 14.3. The standard InChI is InChI=1S/C16H28N.CH4O3S/c1-3-5-6-7-8-9-13-17-14-10-12-16(15-17)11-4-2;1-5(2,3)4/h10,12,14-15H,3-9,11,13H2,1-2H3;1H3,(H,2,3,4)/q+1;/p-1. The summed E-state index contributed by atoms with van der Waals surface area (Å²) in [6.45, 7) is 5.70. The Balaban J connectivity index is 0.000000763. The molecule has 0 unspecified atom stereocenters. The van der Waals surface area contributed by atoms with E-state index in [1.165, 1.54) is 63.5 Å². The van der Waals surface area contributed by atoms with Crippen LogP contribution in [0.4, 0.5) is 0 Å². The first-order valence-corrected chi connectivity index (χ1v) is 10.1. The predicted molar refractivity (Wildman–Crippen MR) is 89.6 cm³/mol. The van der Waals surface area contributed by atoms with Crippen molar-refractivity contribution in [2.75, 3.05) is 6.26 Å². The van der Waals surface area contributed by atoms with Crippen LogP contribution in [0.1, 0.15) is 64.4 Å². The number of aromatic nitrogens is 1. The predicted octanol–water partition coefficient (Wildman–Crippen LogP) is 3.45. The smallest absolute Gasteiger partial charge is 0.171 e. The van der Waals surface area contributed by atoms with Crippen LogP contribution >= 0.6 is 0 Å². The molecule has 0 bridgehead atoms. The minimum Gasteiger partial charge on any atom is -0.748 e. The first-order chi connectivity index (χ1) is 10.4. The highest BCUT2D eigenvalue weighted by Gasteiger charge is 2.01. The second-order valence-corrected chi connectivity index (χ2v) is 7.08. The third kappa shape index (κ3) is 15.4. The highest BCUT2D eigenvalue weighted by Crippen LogP contribution is 2.05. The van der Waals surface area contributed by atoms with E-state index < -0.39 is 10.1 Å². The van der Waals surface area contributed by atoms with Gasteiger partial charge in [-0.15, -0.1) is 0 Å². The average Bonchev–Trinajstić information content (AvgIpc) is 2.42. The lowest BCUT2D eigenvalue weighted by Crippen LogP contribution is -2.33. The van der Waals surface area contributed by atoms with E-state index in [0.717, 1.165) is 0 Å². The van der Waals surface area contributed by atoms with Crippen molar-refractivity contribution >= 4 is 10.1 Å². The van der Waals surface area contributed by atoms with E-state index in [0.29, 0.717) is 6.26 Å². The number of aryl methyl sites for hydroxylation is 2. The zero-order valence-corrected chi connectivity index (χ0v) is 15.1. The molecule has 0 fully saturated rings. The van der Waals surface area contributed by atoms with Crippen LogP contribution in [-0.4, -0.2) is 19.2 Å². The van der Waals surface area contributed by atoms with Crippen LogP contribution < -0.4 is 4.57 Å². The van der Waals surface area contributed by atoms with E-state index in [1.54, 1.807) is 0 Å². The molecule has 0 saturated heterocycles. The number of nitrogens with zero attached hydrogens (tertiary/aromatic N) is 1. The monoisotopic (exact) mass is 329 g/mol. The van der Waals surface area contributed by atoms with Gasteiger partial charge in [0, 0.05) is 24.3 Å². The van der Waals surface area contributed by atoms with E-state index in [2.05, 4.69) is 42.9 Å². The maximum Gasteiger partial charge on any atom is 0.171 e. The molecule has 0 amide bonds. The lowest BCUT2D eigenvalue weighted by atomic mass is 10.1. The van der Waals surface area contributed by atoms with Gasteiger partial charge in [0.15, 0.2) is 12.4 Å². The molecule has 0 saturated carbocycles. The molecule has 0 aromatic carbocycles. The number of unbranched alkanes of at least 4 members (excludes halogenated alkanes) is 5. The molecule has 0 aliphatic carbocycles. The summed E-state index contributed by atoms with van der Waals surface area (Å²) in [5.74, 6) is 0. The van der Waals surface area contributed by atoms with Gasteiger partial charge in [0.1, 0.15) is 6.54 Å². The molecule has 1 aromatic rings. The molecular weight excluding hydrogens is 298 g/mol. The Hall–Kier alpha value is -0.940. The number of hydrogen-bond donors (Lipinski definition) is 0. The summed E-state index contributed by atoms with van der Waals surface area (Å²) < 4.78 is 29.6. The van der Waals surface area contributed by atoms with Crippen molar-refractivity contribution in [2.45, 2.75) is 71.8 Å². The van der Waals surface area contributed by atoms with E-state index >= 15 is 0 Å². The van der Waals surface area contributed by atoms with Gasteiger partial charge in [-0.3, -0.25) is 0 Å². The maximum atomic E-state index is 9.08. The number of hydrogen-bond acceptors (Lipinski definition) is 3. The Bertz CT molecular complexity index is 478. The van der Waals surface area contributed by atoms with E-state index in [9.17, 15) is 0 Å². The molecule has 1 rings (SSSR count). The van der Waals surface area contributed by atoms with Crippen molar-refractivity contribution in [1.29, 1.82) is 0 Å². The van der Waals surface area contributed by atoms with E-state index in [1.807, 2.05) is 0 Å². The van der Waals surface area contributed by atoms with Gasteiger partial charge in [0.25, 0.3) is 0 Å². The van der Waals surface area contributed by atoms with Crippen molar-refractivity contribution in [3.63, 3.8) is 0 Å². The van der Waals surface area contributed by atoms with Crippen LogP contribution in [0.3, 0.4) is 0 Å². The molecule has 0 N–H and O–H groups in total. The molecule has 0 radical (unpaired) electrons. The second-order valence-electron chi connectivity index (χ2n) is 5.67. The fraction of sp³-hybridized carbons (Fsp3) is 0.706. The van der Waals surface area contributed by atoms with Crippen LogP contribution in [0.5, 0.6) is 0 Å². The van der Waals surface area contributed by atoms with Crippen LogP contribution in [0.15, 0.2) is 24.5 Å². The minimum absolute atomic E-state index is 0.604. The maximum absolute atomic E-state index is 9.08. The molecule has 128 valence electrons. The molecule has 0 spiro atoms. The largest absolute Gasteiger partial charge is 0.748 e. The Morgan fingerprint density at radius 3 is 2.23 bits per heavy atom. The van der Waals surface area contributed by atoms with Crippen molar-refractivity contribution in [2.24, 2.45) is 0 Å². The summed E-state index contributed by atoms with van der Waals surface area (Å²) in [6, 6.07) is 4.42. The highest BCUT2D eigenvalue weighted by atomic mass is 32.2. The van der Waals surface area contributed by atoms with Crippen molar-refractivity contribution < 1.29 is 17.5 Å². The first-order valence-electron chi connectivity index (χ1n) is 8.25. The van der Waals surface area contributed by atoms with Gasteiger partial charge in [0.2, 0.25) is 0 Å². The van der Waals surface area contributed by atoms with Crippen molar-refractivity contribution in [3.8, 4) is 0 Å². The van der Waals surface area contributed by atoms with Gasteiger partial charge in [-0.1, -0.05) is 46.0 Å². The van der Waals surface area contributed by atoms with E-state index in [-0.39, 0.29) is 0 Å². The molecule has 5 heteroatoms. The van der Waals surface area contributed by atoms with Crippen molar-refractivity contribution in [1.82, 2.24) is 0 Å². The van der Waals surface area contributed by atoms with Gasteiger partial charge in [-0.05, 0) is 18.9 Å². The van der Waals surface area contributed by atoms with Crippen LogP contribution in [0.25, 0.3) is 0 Å². The van der Waals surface area contributed by atoms with Crippen LogP contribution in [0.2, 0.25) is 0 Å². The molecular formula is C17H31NO3S. The average molecular weight is 330 g/mol. The Kier molecular flexibility index (Phi) is 12.1. The summed E-state index contributed by atoms with van der Waals surface area (Å²) in [4.78, 5) is 0. The number of rotatable bonds is 9. The molecule has 1 heterocycles. The highest BCUT2D eigenvalue weighted by molar-refractivity contribution is 7.84. The third-order valence-corrected chi connectivity index (χ3v) is 3.23. The fourth-order valence-electron chi connectivity index (χ4n) is 2.23. The van der Waals surface area contributed by atoms with Crippen LogP contribution in [-0.2, 0) is 23.1 Å². The lowest BCUT2D eigenvalue weighted by molar-refractivity contribution is -0.697. The van der Waals surface area contributed by atoms with Crippen molar-refractivity contribution in [3.05, 3.63) is 30.1 Å². The molecule has 0 aliphatic rings. The Morgan fingerprint density at radius 1 is 1.05 bits per heavy atom. The molecule has 0 atom stereocenters. The summed E-state index contributed by atoms with van der Waals surface area (Å²) in [6.07, 6.45) is 15.8. The Labute approximate surface area is 136 Å². The second kappa shape index (κ2) is 12.6. The summed E-state index contributed by atoms with van der Waals surface area (Å²) >= 11 is 0. The molecule has 4 nitrogen and oxygen atoms in total. The van der Waals surface area contributed by atoms with Gasteiger partial charge in [-0.25, -0.2) is 13.0 Å². The van der Waals surface area contributed by atoms with Gasteiger partial charge >= 0.3 is 0 Å². The summed E-state index contributed by atoms with van der Waals surface area (Å²) in [5.41, 5.74) is 1.47. The quantitative estimate of drug-likeness (QED) is 0.396. The Morgan fingerprint density at radius 2 is 1.64 bits per heavy atom. The minimum atomic E-state index is -3.92. The van der Waals surface area contributed by atoms with Crippen LogP contribution in [0, 0.1) is 0 Å². The molecule has 22 heavy (non-hydrogen) atoms. The fourth-order valence-corrected chi connectivity index (χ4v) is 2.23. The topological polar surface area (TPSA) is 61.1 Å². The van der Waals surface area contributed by atoms with E-state index in [4.69, 9.17) is 13.0 Å². The zero-order chi connectivity index (χ0) is 16.8. The third-order valence-electron chi connectivity index (χ3n) is 3.23. The normalized spacial score (nSPS) is 10.9.